The molecule has 0 spiro atoms. The Morgan fingerprint density at radius 1 is 0.971 bits per heavy atom. The fourth-order valence-corrected chi connectivity index (χ4v) is 5.74. The number of ether oxygens (including phenoxy) is 3. The lowest BCUT2D eigenvalue weighted by molar-refractivity contribution is 0.00324. The first-order chi connectivity index (χ1) is 17.1. The Kier molecular flexibility index (Phi) is 7.66. The molecule has 0 aliphatic carbocycles. The lowest BCUT2D eigenvalue weighted by Gasteiger charge is -2.41. The SMILES string of the molecule is O=C(O)OC1CCN(C2CCN(CCOc3ccc(Oc4nc5ccccc5s4)cc3)CC2)CC1. The molecule has 2 saturated heterocycles. The second-order valence-corrected chi connectivity index (χ2v) is 10.1. The van der Waals surface area contributed by atoms with Gasteiger partial charge in [0.25, 0.3) is 5.19 Å². The number of likely N-dealkylation sites (tertiary alicyclic amines) is 2. The summed E-state index contributed by atoms with van der Waals surface area (Å²) in [5, 5.41) is 9.42. The molecule has 2 aliphatic heterocycles. The Morgan fingerprint density at radius 3 is 2.40 bits per heavy atom. The number of hydrogen-bond donors (Lipinski definition) is 1. The third-order valence-electron chi connectivity index (χ3n) is 6.80. The minimum Gasteiger partial charge on any atom is -0.492 e. The largest absolute Gasteiger partial charge is 0.506 e. The van der Waals surface area contributed by atoms with Crippen LogP contribution in [0.3, 0.4) is 0 Å². The summed E-state index contributed by atoms with van der Waals surface area (Å²) in [7, 11) is 0. The van der Waals surface area contributed by atoms with Gasteiger partial charge < -0.3 is 24.2 Å². The summed E-state index contributed by atoms with van der Waals surface area (Å²) in [6, 6.07) is 16.3. The summed E-state index contributed by atoms with van der Waals surface area (Å²) < 4.78 is 17.9. The van der Waals surface area contributed by atoms with Crippen molar-refractivity contribution in [3.63, 3.8) is 0 Å². The number of carbonyl (C=O) groups is 1. The summed E-state index contributed by atoms with van der Waals surface area (Å²) in [6.45, 7) is 5.53. The molecule has 8 nitrogen and oxygen atoms in total. The highest BCUT2D eigenvalue weighted by atomic mass is 32.1. The summed E-state index contributed by atoms with van der Waals surface area (Å²) >= 11 is 1.54. The Labute approximate surface area is 209 Å². The molecule has 0 saturated carbocycles. The van der Waals surface area contributed by atoms with Crippen molar-refractivity contribution in [2.24, 2.45) is 0 Å². The quantitative estimate of drug-likeness (QED) is 0.431. The molecule has 0 radical (unpaired) electrons. The van der Waals surface area contributed by atoms with Crippen LogP contribution in [0.5, 0.6) is 16.7 Å². The van der Waals surface area contributed by atoms with Crippen molar-refractivity contribution in [1.29, 1.82) is 0 Å². The number of aromatic nitrogens is 1. The van der Waals surface area contributed by atoms with Gasteiger partial charge in [-0.05, 0) is 75.2 Å². The van der Waals surface area contributed by atoms with Crippen molar-refractivity contribution >= 4 is 27.7 Å². The summed E-state index contributed by atoms with van der Waals surface area (Å²) in [4.78, 5) is 20.2. The summed E-state index contributed by atoms with van der Waals surface area (Å²) in [6.07, 6.45) is 2.57. The Balaban J connectivity index is 1.00. The van der Waals surface area contributed by atoms with Crippen molar-refractivity contribution in [1.82, 2.24) is 14.8 Å². The van der Waals surface area contributed by atoms with Crippen LogP contribution in [0.25, 0.3) is 10.2 Å². The van der Waals surface area contributed by atoms with Crippen LogP contribution < -0.4 is 9.47 Å². The van der Waals surface area contributed by atoms with Gasteiger partial charge in [-0.25, -0.2) is 9.78 Å². The van der Waals surface area contributed by atoms with Gasteiger partial charge in [0.1, 0.15) is 24.2 Å². The van der Waals surface area contributed by atoms with Crippen LogP contribution >= 0.6 is 11.3 Å². The van der Waals surface area contributed by atoms with E-state index in [1.54, 1.807) is 0 Å². The van der Waals surface area contributed by atoms with Gasteiger partial charge in [-0.3, -0.25) is 4.90 Å². The van der Waals surface area contributed by atoms with Gasteiger partial charge in [-0.15, -0.1) is 0 Å². The lowest BCUT2D eigenvalue weighted by Crippen LogP contribution is -2.49. The number of thiazole rings is 1. The Bertz CT molecular complexity index is 1070. The van der Waals surface area contributed by atoms with E-state index in [9.17, 15) is 4.79 Å². The highest BCUT2D eigenvalue weighted by Crippen LogP contribution is 2.31. The summed E-state index contributed by atoms with van der Waals surface area (Å²) in [5.74, 6) is 1.58. The predicted molar refractivity (Wildman–Crippen MR) is 135 cm³/mol. The van der Waals surface area contributed by atoms with E-state index in [1.165, 1.54) is 11.3 Å². The first-order valence-corrected chi connectivity index (χ1v) is 13.1. The number of rotatable bonds is 8. The van der Waals surface area contributed by atoms with Crippen LogP contribution in [0, 0.1) is 0 Å². The average Bonchev–Trinajstić information content (AvgIpc) is 3.28. The maximum absolute atomic E-state index is 10.7. The molecule has 3 heterocycles. The molecule has 3 aromatic rings. The second-order valence-electron chi connectivity index (χ2n) is 9.06. The van der Waals surface area contributed by atoms with Crippen molar-refractivity contribution in [3.8, 4) is 16.7 Å². The van der Waals surface area contributed by atoms with Gasteiger partial charge in [-0.2, -0.15) is 0 Å². The number of benzene rings is 2. The van der Waals surface area contributed by atoms with Gasteiger partial charge in [-0.1, -0.05) is 23.5 Å². The topological polar surface area (TPSA) is 84.4 Å². The molecule has 2 fully saturated rings. The third-order valence-corrected chi connectivity index (χ3v) is 7.71. The molecule has 2 aliphatic rings. The van der Waals surface area contributed by atoms with Crippen molar-refractivity contribution < 1.29 is 24.1 Å². The van der Waals surface area contributed by atoms with Gasteiger partial charge in [0.05, 0.1) is 10.2 Å². The normalized spacial score (nSPS) is 18.5. The van der Waals surface area contributed by atoms with Crippen molar-refractivity contribution in [3.05, 3.63) is 48.5 Å². The highest BCUT2D eigenvalue weighted by molar-refractivity contribution is 7.20. The first-order valence-electron chi connectivity index (χ1n) is 12.2. The molecular formula is C26H31N3O5S. The molecule has 0 unspecified atom stereocenters. The van der Waals surface area contributed by atoms with Crippen LogP contribution in [0.1, 0.15) is 25.7 Å². The fourth-order valence-electron chi connectivity index (χ4n) is 4.90. The molecular weight excluding hydrogens is 466 g/mol. The van der Waals surface area contributed by atoms with E-state index in [-0.39, 0.29) is 6.10 Å². The molecule has 186 valence electrons. The average molecular weight is 498 g/mol. The molecule has 5 rings (SSSR count). The number of hydrogen-bond acceptors (Lipinski definition) is 8. The van der Waals surface area contributed by atoms with E-state index in [4.69, 9.17) is 19.3 Å². The zero-order valence-electron chi connectivity index (χ0n) is 19.7. The van der Waals surface area contributed by atoms with E-state index in [0.717, 1.165) is 80.1 Å². The van der Waals surface area contributed by atoms with E-state index in [2.05, 4.69) is 14.8 Å². The second kappa shape index (κ2) is 11.2. The fraction of sp³-hybridized carbons (Fsp3) is 0.462. The van der Waals surface area contributed by atoms with Crippen LogP contribution in [0.15, 0.2) is 48.5 Å². The van der Waals surface area contributed by atoms with Crippen LogP contribution in [-0.2, 0) is 4.74 Å². The zero-order valence-corrected chi connectivity index (χ0v) is 20.5. The minimum atomic E-state index is -1.16. The van der Waals surface area contributed by atoms with Gasteiger partial charge in [0.15, 0.2) is 0 Å². The summed E-state index contributed by atoms with van der Waals surface area (Å²) in [5.41, 5.74) is 0.950. The lowest BCUT2D eigenvalue weighted by atomic mass is 9.99. The van der Waals surface area contributed by atoms with Gasteiger partial charge >= 0.3 is 6.16 Å². The van der Waals surface area contributed by atoms with Crippen LogP contribution in [0.4, 0.5) is 4.79 Å². The molecule has 9 heteroatoms. The number of nitrogens with zero attached hydrogens (tertiary/aromatic N) is 3. The molecule has 35 heavy (non-hydrogen) atoms. The van der Waals surface area contributed by atoms with E-state index in [0.29, 0.717) is 17.8 Å². The Morgan fingerprint density at radius 2 is 1.69 bits per heavy atom. The van der Waals surface area contributed by atoms with Crippen LogP contribution in [-0.4, -0.2) is 77.5 Å². The molecule has 0 bridgehead atoms. The molecule has 2 aromatic carbocycles. The molecule has 1 N–H and O–H groups in total. The number of fused-ring (bicyclic) bond motifs is 1. The number of carboxylic acid groups (broad SMARTS) is 1. The zero-order chi connectivity index (χ0) is 24.0. The monoisotopic (exact) mass is 497 g/mol. The van der Waals surface area contributed by atoms with Crippen LogP contribution in [0.2, 0.25) is 0 Å². The Hall–Kier alpha value is -2.88. The van der Waals surface area contributed by atoms with Gasteiger partial charge in [0.2, 0.25) is 0 Å². The molecule has 0 amide bonds. The first kappa shape index (κ1) is 23.8. The molecule has 1 aromatic heterocycles. The number of piperidine rings is 2. The third kappa shape index (κ3) is 6.42. The highest BCUT2D eigenvalue weighted by Gasteiger charge is 2.29. The van der Waals surface area contributed by atoms with E-state index < -0.39 is 6.16 Å². The maximum atomic E-state index is 10.7. The standard InChI is InChI=1S/C26H31N3O5S/c30-26(31)34-22-11-15-29(16-12-22)19-9-13-28(14-10-19)17-18-32-20-5-7-21(8-6-20)33-25-27-23-3-1-2-4-24(23)35-25/h1-8,19,22H,9-18H2,(H,30,31). The van der Waals surface area contributed by atoms with Crippen molar-refractivity contribution in [2.75, 3.05) is 39.3 Å². The minimum absolute atomic E-state index is 0.144. The van der Waals surface area contributed by atoms with E-state index in [1.807, 2.05) is 48.5 Å². The van der Waals surface area contributed by atoms with E-state index >= 15 is 0 Å². The number of para-hydroxylation sites is 1. The van der Waals surface area contributed by atoms with Gasteiger partial charge in [0, 0.05) is 25.7 Å². The maximum Gasteiger partial charge on any atom is 0.506 e. The molecule has 0 atom stereocenters. The van der Waals surface area contributed by atoms with Crippen molar-refractivity contribution in [2.45, 2.75) is 37.8 Å². The predicted octanol–water partition coefficient (Wildman–Crippen LogP) is 5.09. The smallest absolute Gasteiger partial charge is 0.492 e.